The van der Waals surface area contributed by atoms with Crippen molar-refractivity contribution in [2.45, 2.75) is 39.3 Å². The molecule has 88 valence electrons. The summed E-state index contributed by atoms with van der Waals surface area (Å²) >= 11 is 3.65. The fourth-order valence-electron chi connectivity index (χ4n) is 2.26. The van der Waals surface area contributed by atoms with Crippen LogP contribution in [-0.4, -0.2) is 18.1 Å². The van der Waals surface area contributed by atoms with Gasteiger partial charge in [0.15, 0.2) is 0 Å². The van der Waals surface area contributed by atoms with E-state index in [1.165, 1.54) is 15.8 Å². The van der Waals surface area contributed by atoms with E-state index < -0.39 is 0 Å². The molecule has 0 amide bonds. The standard InChI is InChI=1S/C13H19BrN2/c1-9(2)16-8-13(3,4)15-11-7-5-6-10(14)12(11)16/h5-7,9,15H,8H2,1-4H3. The summed E-state index contributed by atoms with van der Waals surface area (Å²) in [4.78, 5) is 2.45. The number of anilines is 2. The Morgan fingerprint density at radius 1 is 1.38 bits per heavy atom. The van der Waals surface area contributed by atoms with Crippen LogP contribution in [0.4, 0.5) is 11.4 Å². The summed E-state index contributed by atoms with van der Waals surface area (Å²) in [5.74, 6) is 0. The van der Waals surface area contributed by atoms with Gasteiger partial charge in [-0.3, -0.25) is 0 Å². The molecule has 0 atom stereocenters. The van der Waals surface area contributed by atoms with Crippen molar-refractivity contribution < 1.29 is 0 Å². The molecule has 16 heavy (non-hydrogen) atoms. The molecular formula is C13H19BrN2. The lowest BCUT2D eigenvalue weighted by Gasteiger charge is -2.44. The van der Waals surface area contributed by atoms with Crippen molar-refractivity contribution in [1.82, 2.24) is 0 Å². The minimum atomic E-state index is 0.123. The van der Waals surface area contributed by atoms with Crippen LogP contribution < -0.4 is 10.2 Å². The second kappa shape index (κ2) is 3.95. The molecule has 0 spiro atoms. The van der Waals surface area contributed by atoms with Crippen molar-refractivity contribution in [3.63, 3.8) is 0 Å². The monoisotopic (exact) mass is 282 g/mol. The molecule has 0 radical (unpaired) electrons. The molecule has 1 aliphatic rings. The van der Waals surface area contributed by atoms with E-state index in [-0.39, 0.29) is 5.54 Å². The summed E-state index contributed by atoms with van der Waals surface area (Å²) in [5, 5.41) is 3.59. The normalized spacial score (nSPS) is 18.2. The predicted octanol–water partition coefficient (Wildman–Crippen LogP) is 3.87. The van der Waals surface area contributed by atoms with E-state index in [4.69, 9.17) is 0 Å². The highest BCUT2D eigenvalue weighted by Crippen LogP contribution is 2.40. The van der Waals surface area contributed by atoms with Crippen LogP contribution in [0.3, 0.4) is 0 Å². The van der Waals surface area contributed by atoms with Gasteiger partial charge in [-0.25, -0.2) is 0 Å². The van der Waals surface area contributed by atoms with Gasteiger partial charge in [-0.15, -0.1) is 0 Å². The van der Waals surface area contributed by atoms with E-state index >= 15 is 0 Å². The first kappa shape index (κ1) is 11.8. The largest absolute Gasteiger partial charge is 0.377 e. The summed E-state index contributed by atoms with van der Waals surface area (Å²) in [5.41, 5.74) is 2.63. The van der Waals surface area contributed by atoms with Crippen molar-refractivity contribution >= 4 is 27.3 Å². The van der Waals surface area contributed by atoms with Gasteiger partial charge >= 0.3 is 0 Å². The van der Waals surface area contributed by atoms with E-state index in [0.29, 0.717) is 6.04 Å². The number of halogens is 1. The highest BCUT2D eigenvalue weighted by molar-refractivity contribution is 9.10. The smallest absolute Gasteiger partial charge is 0.0749 e. The predicted molar refractivity (Wildman–Crippen MR) is 74.3 cm³/mol. The molecule has 2 rings (SSSR count). The fourth-order valence-corrected chi connectivity index (χ4v) is 2.85. The average Bonchev–Trinajstić information content (AvgIpc) is 2.14. The Balaban J connectivity index is 2.52. The Kier molecular flexibility index (Phi) is 2.91. The molecule has 0 aromatic heterocycles. The van der Waals surface area contributed by atoms with Gasteiger partial charge in [-0.2, -0.15) is 0 Å². The van der Waals surface area contributed by atoms with Crippen LogP contribution in [0.15, 0.2) is 22.7 Å². The molecule has 1 N–H and O–H groups in total. The number of nitrogens with zero attached hydrogens (tertiary/aromatic N) is 1. The highest BCUT2D eigenvalue weighted by atomic mass is 79.9. The molecule has 0 unspecified atom stereocenters. The molecule has 0 aliphatic carbocycles. The summed E-state index contributed by atoms with van der Waals surface area (Å²) in [7, 11) is 0. The summed E-state index contributed by atoms with van der Waals surface area (Å²) in [6, 6.07) is 6.85. The molecule has 1 aromatic carbocycles. The van der Waals surface area contributed by atoms with Crippen molar-refractivity contribution in [3.8, 4) is 0 Å². The third-order valence-corrected chi connectivity index (χ3v) is 3.58. The highest BCUT2D eigenvalue weighted by Gasteiger charge is 2.31. The molecule has 1 aliphatic heterocycles. The minimum absolute atomic E-state index is 0.123. The maximum Gasteiger partial charge on any atom is 0.0749 e. The van der Waals surface area contributed by atoms with Gasteiger partial charge in [0.2, 0.25) is 0 Å². The number of rotatable bonds is 1. The SMILES string of the molecule is CC(C)N1CC(C)(C)Nc2cccc(Br)c21. The van der Waals surface area contributed by atoms with Crippen LogP contribution in [0, 0.1) is 0 Å². The van der Waals surface area contributed by atoms with Gasteiger partial charge in [0.25, 0.3) is 0 Å². The molecule has 0 bridgehead atoms. The topological polar surface area (TPSA) is 15.3 Å². The lowest BCUT2D eigenvalue weighted by atomic mass is 9.98. The molecule has 1 heterocycles. The molecule has 0 saturated heterocycles. The van der Waals surface area contributed by atoms with Crippen LogP contribution >= 0.6 is 15.9 Å². The van der Waals surface area contributed by atoms with Gasteiger partial charge in [-0.05, 0) is 55.8 Å². The molecular weight excluding hydrogens is 264 g/mol. The maximum atomic E-state index is 3.65. The van der Waals surface area contributed by atoms with Gasteiger partial charge in [0, 0.05) is 22.6 Å². The van der Waals surface area contributed by atoms with Crippen LogP contribution in [-0.2, 0) is 0 Å². The summed E-state index contributed by atoms with van der Waals surface area (Å²) in [6.07, 6.45) is 0. The van der Waals surface area contributed by atoms with Crippen molar-refractivity contribution in [2.24, 2.45) is 0 Å². The minimum Gasteiger partial charge on any atom is -0.377 e. The van der Waals surface area contributed by atoms with Crippen LogP contribution in [0.1, 0.15) is 27.7 Å². The quantitative estimate of drug-likeness (QED) is 0.841. The Labute approximate surface area is 106 Å². The second-order valence-corrected chi connectivity index (χ2v) is 6.22. The second-order valence-electron chi connectivity index (χ2n) is 5.37. The maximum absolute atomic E-state index is 3.65. The number of fused-ring (bicyclic) bond motifs is 1. The summed E-state index contributed by atoms with van der Waals surface area (Å²) in [6.45, 7) is 9.99. The Hall–Kier alpha value is -0.700. The lowest BCUT2D eigenvalue weighted by molar-refractivity contribution is 0.506. The van der Waals surface area contributed by atoms with E-state index in [1.807, 2.05) is 0 Å². The Morgan fingerprint density at radius 2 is 2.06 bits per heavy atom. The van der Waals surface area contributed by atoms with Crippen molar-refractivity contribution in [2.75, 3.05) is 16.8 Å². The van der Waals surface area contributed by atoms with Crippen molar-refractivity contribution in [3.05, 3.63) is 22.7 Å². The molecule has 0 saturated carbocycles. The van der Waals surface area contributed by atoms with Crippen molar-refractivity contribution in [1.29, 1.82) is 0 Å². The Morgan fingerprint density at radius 3 is 2.69 bits per heavy atom. The van der Waals surface area contributed by atoms with E-state index in [9.17, 15) is 0 Å². The first-order valence-corrected chi connectivity index (χ1v) is 6.53. The first-order valence-electron chi connectivity index (χ1n) is 5.74. The number of para-hydroxylation sites is 1. The van der Waals surface area contributed by atoms with Gasteiger partial charge < -0.3 is 10.2 Å². The third-order valence-electron chi connectivity index (χ3n) is 2.94. The zero-order valence-electron chi connectivity index (χ0n) is 10.3. The Bertz CT molecular complexity index is 399. The number of benzene rings is 1. The lowest BCUT2D eigenvalue weighted by Crippen LogP contribution is -2.51. The zero-order valence-corrected chi connectivity index (χ0v) is 11.9. The van der Waals surface area contributed by atoms with Gasteiger partial charge in [0.05, 0.1) is 11.4 Å². The van der Waals surface area contributed by atoms with E-state index in [2.05, 4.69) is 72.0 Å². The molecule has 0 fully saturated rings. The third kappa shape index (κ3) is 2.05. The fraction of sp³-hybridized carbons (Fsp3) is 0.538. The molecule has 2 nitrogen and oxygen atoms in total. The van der Waals surface area contributed by atoms with E-state index in [1.54, 1.807) is 0 Å². The van der Waals surface area contributed by atoms with Gasteiger partial charge in [0.1, 0.15) is 0 Å². The van der Waals surface area contributed by atoms with Gasteiger partial charge in [-0.1, -0.05) is 6.07 Å². The molecule has 3 heteroatoms. The summed E-state index contributed by atoms with van der Waals surface area (Å²) < 4.78 is 1.17. The average molecular weight is 283 g/mol. The van der Waals surface area contributed by atoms with Crippen LogP contribution in [0.25, 0.3) is 0 Å². The number of hydrogen-bond donors (Lipinski definition) is 1. The van der Waals surface area contributed by atoms with Crippen LogP contribution in [0.2, 0.25) is 0 Å². The zero-order chi connectivity index (χ0) is 11.9. The van der Waals surface area contributed by atoms with E-state index in [0.717, 1.165) is 6.54 Å². The van der Waals surface area contributed by atoms with Crippen LogP contribution in [0.5, 0.6) is 0 Å². The number of hydrogen-bond acceptors (Lipinski definition) is 2. The number of nitrogens with one attached hydrogen (secondary N) is 1. The first-order chi connectivity index (χ1) is 7.41. The molecule has 1 aromatic rings.